The second kappa shape index (κ2) is 11.3. The van der Waals surface area contributed by atoms with Crippen LogP contribution in [0.15, 0.2) is 109 Å². The number of halogens is 4. The fraction of sp³-hybridized carbons (Fsp3) is 0. The third-order valence-electron chi connectivity index (χ3n) is 10.4. The predicted octanol–water partition coefficient (Wildman–Crippen LogP) is 13.0. The number of nitrogens with zero attached hydrogens (tertiary/aromatic N) is 2. The van der Waals surface area contributed by atoms with E-state index in [4.69, 9.17) is 0 Å². The van der Waals surface area contributed by atoms with Crippen LogP contribution in [-0.2, 0) is 0 Å². The second-order valence-corrected chi connectivity index (χ2v) is 20.0. The van der Waals surface area contributed by atoms with Crippen LogP contribution in [0.4, 0.5) is 17.6 Å². The molecule has 0 aliphatic rings. The van der Waals surface area contributed by atoms with Gasteiger partial charge in [-0.2, -0.15) is 0 Å². The van der Waals surface area contributed by atoms with Crippen LogP contribution < -0.4 is 0 Å². The number of rotatable bonds is 2. The van der Waals surface area contributed by atoms with Crippen LogP contribution >= 0.6 is 22.7 Å². The first kappa shape index (κ1) is 31.4. The van der Waals surface area contributed by atoms with Gasteiger partial charge in [0, 0.05) is 0 Å². The van der Waals surface area contributed by atoms with Crippen LogP contribution in [-0.4, -0.2) is 39.0 Å². The van der Waals surface area contributed by atoms with Gasteiger partial charge >= 0.3 is 324 Å². The summed E-state index contributed by atoms with van der Waals surface area (Å²) in [5.41, 5.74) is 0.139. The molecule has 2 nitrogen and oxygen atoms in total. The van der Waals surface area contributed by atoms with E-state index in [2.05, 4.69) is 9.97 Å². The Hall–Kier alpha value is -4.92. The fourth-order valence-electron chi connectivity index (χ4n) is 7.74. The Morgan fingerprint density at radius 3 is 1.24 bits per heavy atom. The Morgan fingerprint density at radius 1 is 0.407 bits per heavy atom. The molecule has 0 saturated heterocycles. The van der Waals surface area contributed by atoms with Crippen molar-refractivity contribution in [1.82, 2.24) is 9.97 Å². The number of benzene rings is 6. The summed E-state index contributed by atoms with van der Waals surface area (Å²) in [6, 6.07) is 30.9. The first-order chi connectivity index (χ1) is 26.4. The molecule has 0 atom stereocenters. The quantitative estimate of drug-likeness (QED) is 0.0982. The van der Waals surface area contributed by atoms with Crippen LogP contribution in [0.3, 0.4) is 0 Å². The summed E-state index contributed by atoms with van der Waals surface area (Å²) in [5.74, 6) is -1.84. The molecular formula is C44H18F4N2S2Se2. The Labute approximate surface area is 322 Å². The zero-order valence-electron chi connectivity index (χ0n) is 27.4. The van der Waals surface area contributed by atoms with Gasteiger partial charge in [0.1, 0.15) is 0 Å². The van der Waals surface area contributed by atoms with Crippen molar-refractivity contribution in [2.45, 2.75) is 0 Å². The van der Waals surface area contributed by atoms with Gasteiger partial charge in [0.15, 0.2) is 0 Å². The van der Waals surface area contributed by atoms with Crippen LogP contribution in [0.5, 0.6) is 0 Å². The van der Waals surface area contributed by atoms with Gasteiger partial charge in [-0.1, -0.05) is 0 Å². The molecule has 6 aromatic heterocycles. The molecule has 0 aliphatic carbocycles. The molecule has 0 amide bonds. The van der Waals surface area contributed by atoms with Crippen molar-refractivity contribution in [3.05, 3.63) is 133 Å². The van der Waals surface area contributed by atoms with Gasteiger partial charge in [0.25, 0.3) is 0 Å². The average molecular weight is 873 g/mol. The van der Waals surface area contributed by atoms with E-state index in [1.54, 1.807) is 35.1 Å². The summed E-state index contributed by atoms with van der Waals surface area (Å²) in [7, 11) is 0. The van der Waals surface area contributed by atoms with Crippen LogP contribution in [0.2, 0.25) is 0 Å². The molecule has 6 aromatic carbocycles. The van der Waals surface area contributed by atoms with Gasteiger partial charge in [-0.05, 0) is 0 Å². The zero-order chi connectivity index (χ0) is 36.0. The summed E-state index contributed by atoms with van der Waals surface area (Å²) in [5, 5.41) is 9.05. The molecule has 0 aliphatic heterocycles. The summed E-state index contributed by atoms with van der Waals surface area (Å²) < 4.78 is 70.9. The number of thiophene rings is 2. The van der Waals surface area contributed by atoms with Crippen LogP contribution in [0, 0.1) is 23.3 Å². The topological polar surface area (TPSA) is 25.8 Å². The molecule has 6 heterocycles. The van der Waals surface area contributed by atoms with Gasteiger partial charge in [-0.25, -0.2) is 0 Å². The Morgan fingerprint density at radius 2 is 0.815 bits per heavy atom. The van der Waals surface area contributed by atoms with E-state index in [-0.39, 0.29) is 11.4 Å². The molecule has 10 heteroatoms. The zero-order valence-corrected chi connectivity index (χ0v) is 32.5. The number of hydrogen-bond acceptors (Lipinski definition) is 4. The fourth-order valence-corrected chi connectivity index (χ4v) is 15.0. The molecule has 256 valence electrons. The predicted molar refractivity (Wildman–Crippen MR) is 220 cm³/mol. The monoisotopic (exact) mass is 874 g/mol. The molecule has 0 N–H and O–H groups in total. The van der Waals surface area contributed by atoms with Crippen LogP contribution in [0.25, 0.3) is 112 Å². The summed E-state index contributed by atoms with van der Waals surface area (Å²) in [4.78, 5) is 8.89. The van der Waals surface area contributed by atoms with Crippen molar-refractivity contribution in [2.75, 3.05) is 0 Å². The third kappa shape index (κ3) is 4.38. The van der Waals surface area contributed by atoms with Crippen molar-refractivity contribution >= 4 is 144 Å². The van der Waals surface area contributed by atoms with E-state index in [1.807, 2.05) is 97.1 Å². The van der Waals surface area contributed by atoms with Gasteiger partial charge in [0.2, 0.25) is 0 Å². The molecule has 0 radical (unpaired) electrons. The maximum absolute atomic E-state index is 16.2. The Kier molecular flexibility index (Phi) is 6.58. The van der Waals surface area contributed by atoms with E-state index < -0.39 is 52.3 Å². The third-order valence-corrected chi connectivity index (χ3v) is 17.7. The van der Waals surface area contributed by atoms with Crippen molar-refractivity contribution in [2.24, 2.45) is 0 Å². The maximum atomic E-state index is 16.2. The number of aromatic nitrogens is 2. The Balaban J connectivity index is 0.980. The summed E-state index contributed by atoms with van der Waals surface area (Å²) in [6.45, 7) is 0. The van der Waals surface area contributed by atoms with Gasteiger partial charge < -0.3 is 0 Å². The normalized spacial score (nSPS) is 12.4. The summed E-state index contributed by atoms with van der Waals surface area (Å²) in [6.07, 6.45) is 3.27. The molecule has 12 rings (SSSR count). The van der Waals surface area contributed by atoms with E-state index in [0.29, 0.717) is 41.2 Å². The van der Waals surface area contributed by atoms with E-state index in [1.165, 1.54) is 0 Å². The molecule has 0 bridgehead atoms. The average Bonchev–Trinajstić information content (AvgIpc) is 3.91. The standard InChI is InChI=1S/C44H18F4N2S2Se2/c45-35-25-11-21-7-3-1-5-19(21)9-23(25)17-49-39(35)43-37(47)29-13-31-27(15-33(29)53-43)41-42(51-31)28-16-34-30(14-32(28)52-41)38(48)44(54-34)40-36(46)26-12-22-8-4-2-6-20(22)10-24(26)18-50-40/h1-18H. The van der Waals surface area contributed by atoms with E-state index >= 15 is 17.6 Å². The molecule has 0 unspecified atom stereocenters. The van der Waals surface area contributed by atoms with Gasteiger partial charge in [0.05, 0.1) is 0 Å². The second-order valence-electron chi connectivity index (χ2n) is 13.5. The van der Waals surface area contributed by atoms with Gasteiger partial charge in [-0.15, -0.1) is 0 Å². The first-order valence-corrected chi connectivity index (χ1v) is 22.0. The first-order valence-electron chi connectivity index (χ1n) is 17.0. The van der Waals surface area contributed by atoms with E-state index in [9.17, 15) is 0 Å². The molecule has 0 saturated carbocycles. The molecular weight excluding hydrogens is 855 g/mol. The molecule has 12 aromatic rings. The SMILES string of the molecule is Fc1c(-c2[se]c3cc4c(cc3c2F)sc2c3cc5[se]c(-c6ncc7cc8ccccc8cc7c6F)c(F)c5cc3sc42)ncc2cc3ccccc3cc12. The minimum atomic E-state index is -0.501. The Bertz CT molecular complexity index is 3400. The van der Waals surface area contributed by atoms with Crippen molar-refractivity contribution in [3.63, 3.8) is 0 Å². The molecule has 0 spiro atoms. The number of hydrogen-bond donors (Lipinski definition) is 0. The number of fused-ring (bicyclic) bond motifs is 11. The molecule has 54 heavy (non-hydrogen) atoms. The summed E-state index contributed by atoms with van der Waals surface area (Å²) >= 11 is 2.17. The van der Waals surface area contributed by atoms with Crippen molar-refractivity contribution in [1.29, 1.82) is 0 Å². The molecule has 0 fully saturated rings. The van der Waals surface area contributed by atoms with Crippen molar-refractivity contribution in [3.8, 4) is 20.3 Å². The van der Waals surface area contributed by atoms with E-state index in [0.717, 1.165) is 59.6 Å². The van der Waals surface area contributed by atoms with Gasteiger partial charge in [-0.3, -0.25) is 0 Å². The van der Waals surface area contributed by atoms with Crippen molar-refractivity contribution < 1.29 is 17.6 Å². The van der Waals surface area contributed by atoms with Crippen LogP contribution in [0.1, 0.15) is 0 Å². The minimum absolute atomic E-state index is 0.0694. The number of pyridine rings is 2.